The molecule has 0 unspecified atom stereocenters. The van der Waals surface area contributed by atoms with Crippen molar-refractivity contribution < 1.29 is 5.21 Å². The quantitative estimate of drug-likeness (QED) is 0.187. The fourth-order valence-electron chi connectivity index (χ4n) is 1.72. The monoisotopic (exact) mass is 272 g/mol. The van der Waals surface area contributed by atoms with Crippen molar-refractivity contribution in [3.05, 3.63) is 0 Å². The van der Waals surface area contributed by atoms with Crippen LogP contribution in [0.5, 0.6) is 0 Å². The molecule has 0 spiro atoms. The van der Waals surface area contributed by atoms with Crippen molar-refractivity contribution in [3.8, 4) is 0 Å². The summed E-state index contributed by atoms with van der Waals surface area (Å²) in [5.74, 6) is 0.319. The van der Waals surface area contributed by atoms with Gasteiger partial charge in [-0.15, -0.1) is 0 Å². The maximum Gasteiger partial charge on any atom is 0.144 e. The van der Waals surface area contributed by atoms with Crippen LogP contribution in [0, 0.1) is 5.41 Å². The largest absolute Gasteiger partial charge is 0.409 e. The molecule has 0 atom stereocenters. The minimum atomic E-state index is -0.216. The molecule has 0 amide bonds. The van der Waals surface area contributed by atoms with E-state index in [2.05, 4.69) is 36.3 Å². The van der Waals surface area contributed by atoms with Crippen molar-refractivity contribution in [3.63, 3.8) is 0 Å². The van der Waals surface area contributed by atoms with E-state index in [0.717, 1.165) is 38.9 Å². The highest BCUT2D eigenvalue weighted by Gasteiger charge is 2.22. The Hall–Kier alpha value is -0.810. The van der Waals surface area contributed by atoms with Crippen molar-refractivity contribution in [2.45, 2.75) is 53.0 Å². The number of unbranched alkanes of at least 4 members (excludes halogenated alkanes) is 1. The predicted molar refractivity (Wildman–Crippen MR) is 81.7 cm³/mol. The highest BCUT2D eigenvalue weighted by molar-refractivity contribution is 5.85. The van der Waals surface area contributed by atoms with Gasteiger partial charge in [0.1, 0.15) is 5.84 Å². The molecule has 0 aromatic carbocycles. The van der Waals surface area contributed by atoms with Gasteiger partial charge in [-0.05, 0) is 40.3 Å². The van der Waals surface area contributed by atoms with Gasteiger partial charge in [-0.2, -0.15) is 0 Å². The molecule has 0 aromatic heterocycles. The molecule has 0 bridgehead atoms. The highest BCUT2D eigenvalue weighted by Crippen LogP contribution is 2.22. The van der Waals surface area contributed by atoms with Crippen LogP contribution in [0.2, 0.25) is 0 Å². The number of hydrogen-bond acceptors (Lipinski definition) is 4. The van der Waals surface area contributed by atoms with Gasteiger partial charge in [0.25, 0.3) is 0 Å². The lowest BCUT2D eigenvalue weighted by atomic mass is 9.86. The first kappa shape index (κ1) is 18.2. The van der Waals surface area contributed by atoms with E-state index in [4.69, 9.17) is 10.9 Å². The molecule has 0 aliphatic rings. The Balaban J connectivity index is 3.56. The summed E-state index contributed by atoms with van der Waals surface area (Å²) in [6.45, 7) is 11.5. The second-order valence-electron chi connectivity index (χ2n) is 6.15. The molecule has 0 aliphatic heterocycles. The number of nitrogens with one attached hydrogen (secondary N) is 1. The van der Waals surface area contributed by atoms with Crippen LogP contribution in [-0.4, -0.2) is 48.7 Å². The molecule has 5 nitrogen and oxygen atoms in total. The van der Waals surface area contributed by atoms with Crippen molar-refractivity contribution in [2.75, 3.05) is 26.7 Å². The summed E-state index contributed by atoms with van der Waals surface area (Å²) in [5, 5.41) is 15.2. The normalized spacial score (nSPS) is 13.5. The lowest BCUT2D eigenvalue weighted by Crippen LogP contribution is -2.34. The highest BCUT2D eigenvalue weighted by atomic mass is 16.4. The Morgan fingerprint density at radius 3 is 2.47 bits per heavy atom. The molecular weight excluding hydrogens is 240 g/mol. The number of amidine groups is 1. The number of nitrogens with two attached hydrogens (primary N) is 1. The summed E-state index contributed by atoms with van der Waals surface area (Å²) in [7, 11) is 2.14. The summed E-state index contributed by atoms with van der Waals surface area (Å²) in [4.78, 5) is 2.33. The number of rotatable bonds is 10. The second-order valence-corrected chi connectivity index (χ2v) is 6.15. The summed E-state index contributed by atoms with van der Waals surface area (Å²) < 4.78 is 0. The standard InChI is InChI=1S/C14H32N4O/c1-12(2)18(5)11-10-16-9-7-6-8-14(3,4)13(15)17-19/h12,16,19H,6-11H2,1-5H3,(H2,15,17). The Kier molecular flexibility index (Phi) is 8.76. The Bertz CT molecular complexity index is 264. The topological polar surface area (TPSA) is 73.9 Å². The maximum absolute atomic E-state index is 8.69. The molecule has 0 fully saturated rings. The first-order valence-electron chi connectivity index (χ1n) is 7.20. The van der Waals surface area contributed by atoms with E-state index in [9.17, 15) is 0 Å². The predicted octanol–water partition coefficient (Wildman–Crippen LogP) is 1.86. The number of oxime groups is 1. The SMILES string of the molecule is CC(C)N(C)CCNCCCCC(C)(C)C(N)=NO. The molecule has 0 heterocycles. The van der Waals surface area contributed by atoms with E-state index >= 15 is 0 Å². The van der Waals surface area contributed by atoms with E-state index in [0.29, 0.717) is 11.9 Å². The fraction of sp³-hybridized carbons (Fsp3) is 0.929. The molecule has 19 heavy (non-hydrogen) atoms. The smallest absolute Gasteiger partial charge is 0.144 e. The second kappa shape index (κ2) is 9.15. The first-order chi connectivity index (χ1) is 8.81. The van der Waals surface area contributed by atoms with Crippen molar-refractivity contribution in [1.29, 1.82) is 0 Å². The average Bonchev–Trinajstić information content (AvgIpc) is 2.35. The summed E-state index contributed by atoms with van der Waals surface area (Å²) >= 11 is 0. The molecule has 0 saturated heterocycles. The van der Waals surface area contributed by atoms with Gasteiger partial charge in [0, 0.05) is 24.5 Å². The number of nitrogens with zero attached hydrogens (tertiary/aromatic N) is 2. The fourth-order valence-corrected chi connectivity index (χ4v) is 1.72. The minimum Gasteiger partial charge on any atom is -0.409 e. The number of hydrogen-bond donors (Lipinski definition) is 3. The zero-order chi connectivity index (χ0) is 14.9. The van der Waals surface area contributed by atoms with Gasteiger partial charge < -0.3 is 21.2 Å². The molecule has 4 N–H and O–H groups in total. The van der Waals surface area contributed by atoms with Gasteiger partial charge >= 0.3 is 0 Å². The summed E-state index contributed by atoms with van der Waals surface area (Å²) in [6.07, 6.45) is 3.14. The molecule has 0 aliphatic carbocycles. The first-order valence-corrected chi connectivity index (χ1v) is 7.20. The van der Waals surface area contributed by atoms with Crippen molar-refractivity contribution in [2.24, 2.45) is 16.3 Å². The van der Waals surface area contributed by atoms with Crippen LogP contribution in [0.25, 0.3) is 0 Å². The van der Waals surface area contributed by atoms with Gasteiger partial charge in [-0.3, -0.25) is 0 Å². The van der Waals surface area contributed by atoms with Crippen LogP contribution in [0.15, 0.2) is 5.16 Å². The van der Waals surface area contributed by atoms with Gasteiger partial charge in [-0.25, -0.2) is 0 Å². The third-order valence-electron chi connectivity index (χ3n) is 3.73. The number of likely N-dealkylation sites (N-methyl/N-ethyl adjacent to an activating group) is 1. The average molecular weight is 272 g/mol. The van der Waals surface area contributed by atoms with Gasteiger partial charge in [0.2, 0.25) is 0 Å². The Morgan fingerprint density at radius 1 is 1.32 bits per heavy atom. The van der Waals surface area contributed by atoms with Gasteiger partial charge in [0.15, 0.2) is 0 Å². The zero-order valence-corrected chi connectivity index (χ0v) is 13.2. The van der Waals surface area contributed by atoms with Crippen LogP contribution in [0.4, 0.5) is 0 Å². The van der Waals surface area contributed by atoms with Crippen LogP contribution < -0.4 is 11.1 Å². The minimum absolute atomic E-state index is 0.216. The van der Waals surface area contributed by atoms with E-state index in [-0.39, 0.29) is 5.41 Å². The third kappa shape index (κ3) is 8.06. The molecular formula is C14H32N4O. The molecule has 0 saturated carbocycles. The summed E-state index contributed by atoms with van der Waals surface area (Å²) in [5.41, 5.74) is 5.44. The van der Waals surface area contributed by atoms with Gasteiger partial charge in [0.05, 0.1) is 0 Å². The van der Waals surface area contributed by atoms with Gasteiger partial charge in [-0.1, -0.05) is 25.4 Å². The van der Waals surface area contributed by atoms with E-state index in [1.807, 2.05) is 13.8 Å². The lowest BCUT2D eigenvalue weighted by molar-refractivity contribution is 0.273. The van der Waals surface area contributed by atoms with Crippen LogP contribution in [0.3, 0.4) is 0 Å². The molecule has 114 valence electrons. The van der Waals surface area contributed by atoms with Crippen LogP contribution >= 0.6 is 0 Å². The van der Waals surface area contributed by atoms with Crippen molar-refractivity contribution in [1.82, 2.24) is 10.2 Å². The lowest BCUT2D eigenvalue weighted by Gasteiger charge is -2.23. The van der Waals surface area contributed by atoms with Crippen LogP contribution in [0.1, 0.15) is 47.0 Å². The van der Waals surface area contributed by atoms with Crippen LogP contribution in [-0.2, 0) is 0 Å². The molecule has 5 heteroatoms. The zero-order valence-electron chi connectivity index (χ0n) is 13.2. The van der Waals surface area contributed by atoms with E-state index in [1.165, 1.54) is 0 Å². The van der Waals surface area contributed by atoms with E-state index < -0.39 is 0 Å². The van der Waals surface area contributed by atoms with Crippen molar-refractivity contribution >= 4 is 5.84 Å². The summed E-state index contributed by atoms with van der Waals surface area (Å²) in [6, 6.07) is 0.600. The Labute approximate surface area is 118 Å². The van der Waals surface area contributed by atoms with E-state index in [1.54, 1.807) is 0 Å². The third-order valence-corrected chi connectivity index (χ3v) is 3.73. The molecule has 0 rings (SSSR count). The molecule has 0 radical (unpaired) electrons. The maximum atomic E-state index is 8.69. The Morgan fingerprint density at radius 2 is 1.95 bits per heavy atom. The molecule has 0 aromatic rings.